The molecule has 2 aromatic rings. The predicted octanol–water partition coefficient (Wildman–Crippen LogP) is 3.10. The first kappa shape index (κ1) is 17.5. The molecule has 6 nitrogen and oxygen atoms in total. The number of carbonyl (C=O) groups is 2. The van der Waals surface area contributed by atoms with Crippen LogP contribution in [0.5, 0.6) is 0 Å². The first-order valence-corrected chi connectivity index (χ1v) is 7.85. The van der Waals surface area contributed by atoms with E-state index in [9.17, 15) is 9.59 Å². The molecule has 0 saturated carbocycles. The molecule has 0 radical (unpaired) electrons. The maximum absolute atomic E-state index is 12.0. The number of pyridine rings is 1. The Morgan fingerprint density at radius 3 is 2.25 bits per heavy atom. The largest absolute Gasteiger partial charge is 0.350 e. The highest BCUT2D eigenvalue weighted by Crippen LogP contribution is 2.11. The Labute approximate surface area is 141 Å². The third-order valence-corrected chi connectivity index (χ3v) is 3.30. The van der Waals surface area contributed by atoms with Crippen LogP contribution in [-0.4, -0.2) is 23.0 Å². The Morgan fingerprint density at radius 1 is 0.958 bits per heavy atom. The molecule has 1 aromatic carbocycles. The van der Waals surface area contributed by atoms with Crippen LogP contribution in [0.1, 0.15) is 42.9 Å². The van der Waals surface area contributed by atoms with Gasteiger partial charge in [-0.25, -0.2) is 4.79 Å². The van der Waals surface area contributed by atoms with Gasteiger partial charge >= 0.3 is 6.03 Å². The molecule has 0 aliphatic rings. The molecule has 3 amide bonds. The van der Waals surface area contributed by atoms with Crippen molar-refractivity contribution in [2.24, 2.45) is 0 Å². The summed E-state index contributed by atoms with van der Waals surface area (Å²) in [7, 11) is 0. The topological polar surface area (TPSA) is 83.1 Å². The van der Waals surface area contributed by atoms with Gasteiger partial charge < -0.3 is 16.0 Å². The lowest BCUT2D eigenvalue weighted by Gasteiger charge is -2.14. The summed E-state index contributed by atoms with van der Waals surface area (Å²) in [5.41, 5.74) is 1.95. The van der Waals surface area contributed by atoms with Crippen LogP contribution in [-0.2, 0) is 0 Å². The molecule has 1 heterocycles. The summed E-state index contributed by atoms with van der Waals surface area (Å²) in [6.45, 7) is 5.67. The molecule has 6 heteroatoms. The molecular weight excluding hydrogens is 304 g/mol. The van der Waals surface area contributed by atoms with E-state index in [1.165, 1.54) is 0 Å². The van der Waals surface area contributed by atoms with Crippen molar-refractivity contribution >= 4 is 17.6 Å². The maximum atomic E-state index is 12.0. The summed E-state index contributed by atoms with van der Waals surface area (Å²) in [6.07, 6.45) is 1.69. The standard InChI is InChI=1S/C18H22N4O2/c1-12(2)20-17(23)14-7-9-15(10-8-14)22-18(24)21-13(3)16-6-4-5-11-19-16/h4-13H,1-3H3,(H,20,23)(H2,21,22,24)/t13-/m1/s1. The summed E-state index contributed by atoms with van der Waals surface area (Å²) in [5, 5.41) is 8.37. The number of amides is 3. The Hall–Kier alpha value is -2.89. The van der Waals surface area contributed by atoms with Crippen LogP contribution in [0.25, 0.3) is 0 Å². The molecule has 3 N–H and O–H groups in total. The van der Waals surface area contributed by atoms with Crippen molar-refractivity contribution < 1.29 is 9.59 Å². The average Bonchev–Trinajstić information content (AvgIpc) is 2.55. The summed E-state index contributed by atoms with van der Waals surface area (Å²) >= 11 is 0. The minimum atomic E-state index is -0.326. The van der Waals surface area contributed by atoms with Gasteiger partial charge in [-0.15, -0.1) is 0 Å². The molecular formula is C18H22N4O2. The lowest BCUT2D eigenvalue weighted by Crippen LogP contribution is -2.31. The van der Waals surface area contributed by atoms with Crippen molar-refractivity contribution in [3.63, 3.8) is 0 Å². The lowest BCUT2D eigenvalue weighted by molar-refractivity contribution is 0.0943. The van der Waals surface area contributed by atoms with Gasteiger partial charge in [0.25, 0.3) is 5.91 Å². The molecule has 0 aliphatic heterocycles. The number of carbonyl (C=O) groups excluding carboxylic acids is 2. The van der Waals surface area contributed by atoms with Crippen LogP contribution in [0.15, 0.2) is 48.7 Å². The molecule has 1 aromatic heterocycles. The summed E-state index contributed by atoms with van der Waals surface area (Å²) in [5.74, 6) is -0.134. The van der Waals surface area contributed by atoms with E-state index in [0.29, 0.717) is 11.3 Å². The van der Waals surface area contributed by atoms with Crippen molar-refractivity contribution in [1.82, 2.24) is 15.6 Å². The SMILES string of the molecule is CC(C)NC(=O)c1ccc(NC(=O)N[C@H](C)c2ccccn2)cc1. The van der Waals surface area contributed by atoms with Gasteiger partial charge in [-0.05, 0) is 57.2 Å². The summed E-state index contributed by atoms with van der Waals surface area (Å²) in [6, 6.07) is 11.8. The smallest absolute Gasteiger partial charge is 0.319 e. The molecule has 1 atom stereocenters. The molecule has 0 saturated heterocycles. The summed E-state index contributed by atoms with van der Waals surface area (Å²) in [4.78, 5) is 28.1. The number of nitrogens with one attached hydrogen (secondary N) is 3. The first-order valence-electron chi connectivity index (χ1n) is 7.85. The van der Waals surface area contributed by atoms with Gasteiger partial charge in [0.2, 0.25) is 0 Å². The van der Waals surface area contributed by atoms with Crippen molar-refractivity contribution in [1.29, 1.82) is 0 Å². The third kappa shape index (κ3) is 5.08. The van der Waals surface area contributed by atoms with Crippen molar-refractivity contribution in [2.45, 2.75) is 32.9 Å². The number of benzene rings is 1. The van der Waals surface area contributed by atoms with Crippen molar-refractivity contribution in [3.05, 3.63) is 59.9 Å². The average molecular weight is 326 g/mol. The highest BCUT2D eigenvalue weighted by molar-refractivity contribution is 5.95. The molecule has 0 unspecified atom stereocenters. The van der Waals surface area contributed by atoms with Gasteiger partial charge in [0, 0.05) is 23.5 Å². The molecule has 2 rings (SSSR count). The molecule has 0 bridgehead atoms. The van der Waals surface area contributed by atoms with Gasteiger partial charge in [-0.2, -0.15) is 0 Å². The van der Waals surface area contributed by atoms with Crippen LogP contribution in [0.3, 0.4) is 0 Å². The third-order valence-electron chi connectivity index (χ3n) is 3.30. The minimum Gasteiger partial charge on any atom is -0.350 e. The van der Waals surface area contributed by atoms with Crippen LogP contribution in [0.2, 0.25) is 0 Å². The van der Waals surface area contributed by atoms with Crippen molar-refractivity contribution in [3.8, 4) is 0 Å². The zero-order valence-electron chi connectivity index (χ0n) is 14.0. The van der Waals surface area contributed by atoms with Gasteiger partial charge in [-0.1, -0.05) is 6.07 Å². The fourth-order valence-electron chi connectivity index (χ4n) is 2.12. The van der Waals surface area contributed by atoms with E-state index in [1.807, 2.05) is 39.0 Å². The van der Waals surface area contributed by atoms with Gasteiger partial charge in [0.1, 0.15) is 0 Å². The maximum Gasteiger partial charge on any atom is 0.319 e. The molecule has 126 valence electrons. The van der Waals surface area contributed by atoms with Crippen LogP contribution < -0.4 is 16.0 Å². The van der Waals surface area contributed by atoms with E-state index < -0.39 is 0 Å². The number of nitrogens with zero attached hydrogens (tertiary/aromatic N) is 1. The zero-order valence-corrected chi connectivity index (χ0v) is 14.0. The first-order chi connectivity index (χ1) is 11.5. The summed E-state index contributed by atoms with van der Waals surface area (Å²) < 4.78 is 0. The molecule has 0 spiro atoms. The van der Waals surface area contributed by atoms with Gasteiger partial charge in [0.05, 0.1) is 11.7 Å². The Bertz CT molecular complexity index is 684. The van der Waals surface area contributed by atoms with E-state index in [0.717, 1.165) is 5.69 Å². The Balaban J connectivity index is 1.91. The fourth-order valence-corrected chi connectivity index (χ4v) is 2.12. The van der Waals surface area contributed by atoms with E-state index in [4.69, 9.17) is 0 Å². The Kier molecular flexibility index (Phi) is 5.89. The highest BCUT2D eigenvalue weighted by Gasteiger charge is 2.11. The molecule has 24 heavy (non-hydrogen) atoms. The monoisotopic (exact) mass is 326 g/mol. The van der Waals surface area contributed by atoms with Crippen LogP contribution in [0.4, 0.5) is 10.5 Å². The van der Waals surface area contributed by atoms with E-state index in [1.54, 1.807) is 30.5 Å². The second-order valence-corrected chi connectivity index (χ2v) is 5.78. The number of urea groups is 1. The van der Waals surface area contributed by atoms with Crippen LogP contribution >= 0.6 is 0 Å². The zero-order chi connectivity index (χ0) is 17.5. The van der Waals surface area contributed by atoms with E-state index in [2.05, 4.69) is 20.9 Å². The number of hydrogen-bond donors (Lipinski definition) is 3. The van der Waals surface area contributed by atoms with Gasteiger partial charge in [0.15, 0.2) is 0 Å². The highest BCUT2D eigenvalue weighted by atomic mass is 16.2. The second kappa shape index (κ2) is 8.10. The molecule has 0 fully saturated rings. The number of rotatable bonds is 5. The Morgan fingerprint density at radius 2 is 1.67 bits per heavy atom. The van der Waals surface area contributed by atoms with E-state index >= 15 is 0 Å². The second-order valence-electron chi connectivity index (χ2n) is 5.78. The lowest BCUT2D eigenvalue weighted by atomic mass is 10.2. The number of aromatic nitrogens is 1. The van der Waals surface area contributed by atoms with Crippen molar-refractivity contribution in [2.75, 3.05) is 5.32 Å². The predicted molar refractivity (Wildman–Crippen MR) is 93.9 cm³/mol. The van der Waals surface area contributed by atoms with Gasteiger partial charge in [-0.3, -0.25) is 9.78 Å². The minimum absolute atomic E-state index is 0.0779. The molecule has 0 aliphatic carbocycles. The fraction of sp³-hybridized carbons (Fsp3) is 0.278. The normalized spacial score (nSPS) is 11.7. The number of hydrogen-bond acceptors (Lipinski definition) is 3. The van der Waals surface area contributed by atoms with Crippen LogP contribution in [0, 0.1) is 0 Å². The number of anilines is 1. The van der Waals surface area contributed by atoms with E-state index in [-0.39, 0.29) is 24.0 Å². The quantitative estimate of drug-likeness (QED) is 0.789.